The smallest absolute Gasteiger partial charge is 0.341 e. The molecule has 0 atom stereocenters. The van der Waals surface area contributed by atoms with E-state index in [1.54, 1.807) is 0 Å². The Bertz CT molecular complexity index is 1150. The van der Waals surface area contributed by atoms with Gasteiger partial charge < -0.3 is 37.8 Å². The summed E-state index contributed by atoms with van der Waals surface area (Å²) >= 11 is 0. The first-order valence-electron chi connectivity index (χ1n) is 12.0. The topological polar surface area (TPSA) is 136 Å². The number of anilines is 1. The fourth-order valence-corrected chi connectivity index (χ4v) is 8.25. The predicted molar refractivity (Wildman–Crippen MR) is 141 cm³/mol. The minimum Gasteiger partial charge on any atom is -0.477 e. The molecule has 1 aliphatic carbocycles. The number of piperazine rings is 1. The highest BCUT2D eigenvalue weighted by Gasteiger charge is 2.48. The van der Waals surface area contributed by atoms with Crippen molar-refractivity contribution in [3.05, 3.63) is 34.2 Å². The summed E-state index contributed by atoms with van der Waals surface area (Å²) in [4.78, 5) is 33.2. The van der Waals surface area contributed by atoms with Crippen molar-refractivity contribution in [1.82, 2.24) is 14.5 Å². The number of rotatable bonds is 12. The summed E-state index contributed by atoms with van der Waals surface area (Å²) < 4.78 is 23.6. The van der Waals surface area contributed by atoms with Crippen LogP contribution in [0.2, 0.25) is 0 Å². The van der Waals surface area contributed by atoms with Crippen LogP contribution in [-0.4, -0.2) is 96.9 Å². The predicted octanol–water partition coefficient (Wildman–Crippen LogP) is 2.80. The zero-order valence-electron chi connectivity index (χ0n) is 21.5. The molecule has 0 unspecified atom stereocenters. The summed E-state index contributed by atoms with van der Waals surface area (Å²) in [6, 6.07) is 2.10. The first-order valence-corrected chi connectivity index (χ1v) is 14.4. The van der Waals surface area contributed by atoms with E-state index < -0.39 is 33.2 Å². The Kier molecular flexibility index (Phi) is 9.14. The van der Waals surface area contributed by atoms with Gasteiger partial charge in [0.1, 0.15) is 11.4 Å². The minimum absolute atomic E-state index is 0.210. The lowest BCUT2D eigenvalue weighted by Crippen LogP contribution is -2.48. The van der Waals surface area contributed by atoms with Crippen molar-refractivity contribution < 1.29 is 33.1 Å². The molecule has 2 aliphatic rings. The van der Waals surface area contributed by atoms with Crippen LogP contribution in [0.5, 0.6) is 0 Å². The summed E-state index contributed by atoms with van der Waals surface area (Å²) in [5, 5.41) is 19.8. The Balaban J connectivity index is 1.46. The van der Waals surface area contributed by atoms with E-state index in [0.29, 0.717) is 31.4 Å². The molecule has 3 heterocycles. The number of carbonyl (C=O) groups is 1. The lowest BCUT2D eigenvalue weighted by molar-refractivity contribution is 0.0695. The molecule has 14 heteroatoms. The van der Waals surface area contributed by atoms with Gasteiger partial charge in [-0.05, 0) is 12.8 Å². The average molecular weight is 556 g/mol. The summed E-state index contributed by atoms with van der Waals surface area (Å²) in [5.41, 5.74) is -0.0105. The summed E-state index contributed by atoms with van der Waals surface area (Å²) in [5.74, 6) is -0.467. The van der Waals surface area contributed by atoms with Gasteiger partial charge >= 0.3 is 5.97 Å². The molecular formula is C23H34N4O8P2. The number of nitrogens with zero attached hydrogens (tertiary/aromatic N) is 4. The molecule has 204 valence electrons. The number of aromatic carboxylic acids is 1. The van der Waals surface area contributed by atoms with Crippen LogP contribution in [0.15, 0.2) is 23.3 Å². The number of carboxylic acids is 1. The third kappa shape index (κ3) is 5.82. The van der Waals surface area contributed by atoms with Crippen LogP contribution in [-0.2, 0) is 18.1 Å². The van der Waals surface area contributed by atoms with E-state index >= 15 is 0 Å². The van der Waals surface area contributed by atoms with E-state index in [-0.39, 0.29) is 11.6 Å². The second kappa shape index (κ2) is 12.0. The van der Waals surface area contributed by atoms with E-state index in [9.17, 15) is 19.8 Å². The van der Waals surface area contributed by atoms with Crippen molar-refractivity contribution in [3.63, 3.8) is 0 Å². The van der Waals surface area contributed by atoms with E-state index in [2.05, 4.69) is 14.8 Å². The van der Waals surface area contributed by atoms with Crippen LogP contribution in [0, 0.1) is 0 Å². The molecule has 0 bridgehead atoms. The molecule has 0 radical (unpaired) electrons. The largest absolute Gasteiger partial charge is 0.477 e. The van der Waals surface area contributed by atoms with Crippen LogP contribution < -0.4 is 10.3 Å². The third-order valence-electron chi connectivity index (χ3n) is 6.78. The minimum atomic E-state index is -1.63. The molecule has 2 aromatic rings. The van der Waals surface area contributed by atoms with Crippen LogP contribution in [0.1, 0.15) is 35.7 Å². The molecule has 1 saturated heterocycles. The van der Waals surface area contributed by atoms with E-state index in [0.717, 1.165) is 37.3 Å². The fourth-order valence-electron chi connectivity index (χ4n) is 4.71. The standard InChI is InChI=1S/C23H34N4O8P2/c1-32-36(33-2)23(31,37(34-3)35-4)7-8-25-9-11-26(12-10-25)20-13-19-17(14-24-20)21(28)18(22(29)30)15-27(19)16-5-6-16/h13-16,31H,5-12H2,1-4H3,(H,29,30). The zero-order chi connectivity index (χ0) is 26.7. The number of hydrogen-bond donors (Lipinski definition) is 2. The van der Waals surface area contributed by atoms with Gasteiger partial charge in [-0.2, -0.15) is 0 Å². The Morgan fingerprint density at radius 2 is 1.68 bits per heavy atom. The molecule has 37 heavy (non-hydrogen) atoms. The van der Waals surface area contributed by atoms with Gasteiger partial charge in [0, 0.05) is 92.1 Å². The molecule has 2 aromatic heterocycles. The normalized spacial score (nSPS) is 17.3. The number of carboxylic acid groups (broad SMARTS) is 1. The van der Waals surface area contributed by atoms with Gasteiger partial charge in [0.05, 0.1) is 10.9 Å². The lowest BCUT2D eigenvalue weighted by atomic mass is 10.1. The summed E-state index contributed by atoms with van der Waals surface area (Å²) in [6.45, 7) is 3.53. The second-order valence-corrected chi connectivity index (χ2v) is 13.3. The highest BCUT2D eigenvalue weighted by molar-refractivity contribution is 7.67. The van der Waals surface area contributed by atoms with Crippen molar-refractivity contribution in [2.75, 3.05) is 66.1 Å². The van der Waals surface area contributed by atoms with Crippen LogP contribution in [0.25, 0.3) is 10.9 Å². The molecule has 1 saturated carbocycles. The van der Waals surface area contributed by atoms with Gasteiger partial charge in [0.15, 0.2) is 0 Å². The van der Waals surface area contributed by atoms with E-state index in [4.69, 9.17) is 18.1 Å². The highest BCUT2D eigenvalue weighted by Crippen LogP contribution is 2.68. The van der Waals surface area contributed by atoms with Crippen LogP contribution in [0.3, 0.4) is 0 Å². The first kappa shape index (κ1) is 28.3. The first-order chi connectivity index (χ1) is 17.8. The lowest BCUT2D eigenvalue weighted by Gasteiger charge is -2.40. The number of hydrogen-bond acceptors (Lipinski definition) is 10. The maximum atomic E-state index is 12.7. The SMILES string of the molecule is COP(OC)C(O)(CCN1CCN(c2cc3c(cn2)c(=O)c(C(=O)O)cn3C2CC2)CC1)P(OC)OC. The van der Waals surface area contributed by atoms with Gasteiger partial charge in [0.2, 0.25) is 27.3 Å². The molecule has 12 nitrogen and oxygen atoms in total. The van der Waals surface area contributed by atoms with Crippen LogP contribution in [0.4, 0.5) is 5.82 Å². The van der Waals surface area contributed by atoms with Crippen molar-refractivity contribution in [2.45, 2.75) is 30.4 Å². The highest BCUT2D eigenvalue weighted by atomic mass is 31.2. The van der Waals surface area contributed by atoms with Crippen molar-refractivity contribution in [1.29, 1.82) is 0 Å². The summed E-state index contributed by atoms with van der Waals surface area (Å²) in [7, 11) is 2.73. The van der Waals surface area contributed by atoms with Crippen molar-refractivity contribution >= 4 is 39.4 Å². The second-order valence-electron chi connectivity index (χ2n) is 8.97. The molecule has 0 spiro atoms. The number of pyridine rings is 2. The fraction of sp³-hybridized carbons (Fsp3) is 0.609. The van der Waals surface area contributed by atoms with Gasteiger partial charge in [-0.25, -0.2) is 9.78 Å². The maximum absolute atomic E-state index is 12.7. The van der Waals surface area contributed by atoms with Gasteiger partial charge in [-0.15, -0.1) is 0 Å². The molecule has 2 N–H and O–H groups in total. The monoisotopic (exact) mass is 556 g/mol. The number of fused-ring (bicyclic) bond motifs is 1. The van der Waals surface area contributed by atoms with Crippen LogP contribution >= 0.6 is 16.8 Å². The Labute approximate surface area is 217 Å². The molecule has 4 rings (SSSR count). The zero-order valence-corrected chi connectivity index (χ0v) is 23.3. The quantitative estimate of drug-likeness (QED) is 0.374. The Morgan fingerprint density at radius 3 is 2.19 bits per heavy atom. The van der Waals surface area contributed by atoms with E-state index in [1.807, 2.05) is 10.6 Å². The van der Waals surface area contributed by atoms with Gasteiger partial charge in [0.25, 0.3) is 0 Å². The van der Waals surface area contributed by atoms with E-state index in [1.165, 1.54) is 40.8 Å². The average Bonchev–Trinajstić information content (AvgIpc) is 3.74. The molecular weight excluding hydrogens is 522 g/mol. The van der Waals surface area contributed by atoms with Crippen molar-refractivity contribution in [2.24, 2.45) is 0 Å². The molecule has 0 aromatic carbocycles. The Hall–Kier alpha value is -1.75. The molecule has 0 amide bonds. The van der Waals surface area contributed by atoms with Gasteiger partial charge in [-0.1, -0.05) is 0 Å². The molecule has 2 fully saturated rings. The third-order valence-corrected chi connectivity index (χ3v) is 10.7. The summed E-state index contributed by atoms with van der Waals surface area (Å²) in [6.07, 6.45) is 5.25. The molecule has 1 aliphatic heterocycles. The number of aliphatic hydroxyl groups is 1. The van der Waals surface area contributed by atoms with Crippen molar-refractivity contribution in [3.8, 4) is 0 Å². The van der Waals surface area contributed by atoms with Gasteiger partial charge in [-0.3, -0.25) is 9.69 Å². The number of aromatic nitrogens is 2. The maximum Gasteiger partial charge on any atom is 0.341 e. The Morgan fingerprint density at radius 1 is 1.08 bits per heavy atom.